The van der Waals surface area contributed by atoms with Crippen molar-refractivity contribution in [3.8, 4) is 0 Å². The first kappa shape index (κ1) is 21.7. The quantitative estimate of drug-likeness (QED) is 0.587. The van der Waals surface area contributed by atoms with E-state index in [0.29, 0.717) is 24.1 Å². The van der Waals surface area contributed by atoms with Gasteiger partial charge in [0.1, 0.15) is 0 Å². The first-order chi connectivity index (χ1) is 14.1. The van der Waals surface area contributed by atoms with Crippen molar-refractivity contribution in [2.45, 2.75) is 31.6 Å². The van der Waals surface area contributed by atoms with E-state index >= 15 is 0 Å². The maximum atomic E-state index is 13.0. The lowest BCUT2D eigenvalue weighted by Gasteiger charge is -2.31. The molecule has 1 aliphatic rings. The number of nitrogens with zero attached hydrogens (tertiary/aromatic N) is 1. The van der Waals surface area contributed by atoms with Gasteiger partial charge in [-0.25, -0.2) is 13.2 Å². The topological polar surface area (TPSA) is 149 Å². The summed E-state index contributed by atoms with van der Waals surface area (Å²) >= 11 is 0. The van der Waals surface area contributed by atoms with E-state index < -0.39 is 32.1 Å². The van der Waals surface area contributed by atoms with Crippen LogP contribution in [0.2, 0.25) is 0 Å². The van der Waals surface area contributed by atoms with E-state index in [4.69, 9.17) is 0 Å². The van der Waals surface area contributed by atoms with Crippen LogP contribution in [0.1, 0.15) is 35.8 Å². The third-order valence-corrected chi connectivity index (χ3v) is 7.01. The molecule has 0 saturated carbocycles. The van der Waals surface area contributed by atoms with E-state index in [2.05, 4.69) is 10.3 Å². The minimum Gasteiger partial charge on any atom is -0.326 e. The molecule has 0 bridgehead atoms. The standard InChI is InChI=1S/C19H22N4O6S/c1-11-16(18(26)22-19(27)20-11)30(28,29)23-9-3-4-14(10-23)17(25)21-15-7-5-13(6-8-15)12(2)24/h5-8,14H,3-4,9-10H2,1-2H3,(H,21,25)(H2,20,22,26,27)/t14-/m1/s1. The number of H-pyrrole nitrogens is 2. The Balaban J connectivity index is 1.78. The second kappa shape index (κ2) is 8.36. The van der Waals surface area contributed by atoms with Gasteiger partial charge in [0.05, 0.1) is 5.92 Å². The lowest BCUT2D eigenvalue weighted by molar-refractivity contribution is -0.120. The molecule has 10 nitrogen and oxygen atoms in total. The van der Waals surface area contributed by atoms with Crippen molar-refractivity contribution in [1.29, 1.82) is 0 Å². The number of Topliss-reactive ketones (excluding diaryl/α,β-unsaturated/α-hetero) is 1. The SMILES string of the molecule is CC(=O)c1ccc(NC(=O)[C@@H]2CCCN(S(=O)(=O)c3c(C)[nH]c(=O)[nH]c3=O)C2)cc1. The minimum absolute atomic E-state index is 0.0547. The fraction of sp³-hybridized carbons (Fsp3) is 0.368. The highest BCUT2D eigenvalue weighted by Crippen LogP contribution is 2.24. The molecule has 1 atom stereocenters. The highest BCUT2D eigenvalue weighted by Gasteiger charge is 2.35. The van der Waals surface area contributed by atoms with Crippen LogP contribution >= 0.6 is 0 Å². The number of aromatic nitrogens is 2. The van der Waals surface area contributed by atoms with Crippen LogP contribution in [0.25, 0.3) is 0 Å². The monoisotopic (exact) mass is 434 g/mol. The van der Waals surface area contributed by atoms with Crippen LogP contribution in [0.3, 0.4) is 0 Å². The summed E-state index contributed by atoms with van der Waals surface area (Å²) in [4.78, 5) is 51.1. The molecule has 2 heterocycles. The van der Waals surface area contributed by atoms with Gasteiger partial charge in [-0.3, -0.25) is 19.4 Å². The van der Waals surface area contributed by atoms with Crippen LogP contribution < -0.4 is 16.6 Å². The number of amides is 1. The number of carbonyl (C=O) groups is 2. The van der Waals surface area contributed by atoms with Crippen LogP contribution in [0.15, 0.2) is 38.8 Å². The highest BCUT2D eigenvalue weighted by molar-refractivity contribution is 7.89. The van der Waals surface area contributed by atoms with Gasteiger partial charge in [0.25, 0.3) is 5.56 Å². The van der Waals surface area contributed by atoms with Crippen LogP contribution in [0.5, 0.6) is 0 Å². The van der Waals surface area contributed by atoms with Gasteiger partial charge in [0.15, 0.2) is 10.7 Å². The van der Waals surface area contributed by atoms with E-state index in [9.17, 15) is 27.6 Å². The first-order valence-corrected chi connectivity index (χ1v) is 10.8. The Morgan fingerprint density at radius 2 is 1.80 bits per heavy atom. The van der Waals surface area contributed by atoms with Crippen LogP contribution in [-0.2, 0) is 14.8 Å². The number of carbonyl (C=O) groups excluding carboxylic acids is 2. The van der Waals surface area contributed by atoms with Gasteiger partial charge < -0.3 is 10.3 Å². The largest absolute Gasteiger partial charge is 0.326 e. The molecule has 1 amide bonds. The molecule has 3 N–H and O–H groups in total. The van der Waals surface area contributed by atoms with Gasteiger partial charge in [0.2, 0.25) is 15.9 Å². The smallest absolute Gasteiger partial charge is 0.325 e. The van der Waals surface area contributed by atoms with E-state index in [0.717, 1.165) is 4.31 Å². The number of aromatic amines is 2. The number of ketones is 1. The summed E-state index contributed by atoms with van der Waals surface area (Å²) in [5, 5.41) is 2.73. The molecule has 30 heavy (non-hydrogen) atoms. The number of sulfonamides is 1. The molecule has 0 radical (unpaired) electrons. The van der Waals surface area contributed by atoms with Crippen molar-refractivity contribution in [3.05, 3.63) is 56.4 Å². The minimum atomic E-state index is -4.19. The normalized spacial score (nSPS) is 17.5. The zero-order valence-electron chi connectivity index (χ0n) is 16.5. The Bertz CT molecular complexity index is 1200. The molecule has 3 rings (SSSR count). The van der Waals surface area contributed by atoms with Gasteiger partial charge >= 0.3 is 5.69 Å². The van der Waals surface area contributed by atoms with Crippen LogP contribution in [0, 0.1) is 12.8 Å². The van der Waals surface area contributed by atoms with Crippen LogP contribution in [-0.4, -0.2) is 47.5 Å². The summed E-state index contributed by atoms with van der Waals surface area (Å²) in [5.74, 6) is -1.05. The van der Waals surface area contributed by atoms with Crippen molar-refractivity contribution in [2.24, 2.45) is 5.92 Å². The highest BCUT2D eigenvalue weighted by atomic mass is 32.2. The summed E-state index contributed by atoms with van der Waals surface area (Å²) in [6.07, 6.45) is 0.936. The molecular formula is C19H22N4O6S. The Morgan fingerprint density at radius 3 is 2.40 bits per heavy atom. The van der Waals surface area contributed by atoms with Crippen molar-refractivity contribution in [3.63, 3.8) is 0 Å². The molecule has 1 aromatic heterocycles. The van der Waals surface area contributed by atoms with Crippen molar-refractivity contribution < 1.29 is 18.0 Å². The first-order valence-electron chi connectivity index (χ1n) is 9.35. The lowest BCUT2D eigenvalue weighted by Crippen LogP contribution is -2.45. The number of piperidine rings is 1. The number of nitrogens with one attached hydrogen (secondary N) is 3. The molecule has 11 heteroatoms. The molecule has 1 saturated heterocycles. The van der Waals surface area contributed by atoms with Gasteiger partial charge in [-0.15, -0.1) is 0 Å². The Morgan fingerprint density at radius 1 is 1.13 bits per heavy atom. The zero-order valence-corrected chi connectivity index (χ0v) is 17.3. The van der Waals surface area contributed by atoms with Crippen molar-refractivity contribution in [1.82, 2.24) is 14.3 Å². The average molecular weight is 434 g/mol. The van der Waals surface area contributed by atoms with Gasteiger partial charge in [-0.2, -0.15) is 4.31 Å². The second-order valence-corrected chi connectivity index (χ2v) is 9.06. The summed E-state index contributed by atoms with van der Waals surface area (Å²) in [6, 6.07) is 6.41. The Labute approximate surface area is 172 Å². The van der Waals surface area contributed by atoms with Crippen LogP contribution in [0.4, 0.5) is 5.69 Å². The van der Waals surface area contributed by atoms with Gasteiger partial charge in [0, 0.05) is 30.0 Å². The van der Waals surface area contributed by atoms with E-state index in [1.807, 2.05) is 4.98 Å². The molecule has 2 aromatic rings. The summed E-state index contributed by atoms with van der Waals surface area (Å²) in [6.45, 7) is 2.86. The molecule has 0 spiro atoms. The average Bonchev–Trinajstić information content (AvgIpc) is 2.67. The third kappa shape index (κ3) is 4.41. The fourth-order valence-corrected chi connectivity index (χ4v) is 5.16. The van der Waals surface area contributed by atoms with Crippen molar-refractivity contribution in [2.75, 3.05) is 18.4 Å². The third-order valence-electron chi connectivity index (χ3n) is 4.99. The number of hydrogen-bond acceptors (Lipinski definition) is 6. The molecule has 1 aliphatic heterocycles. The maximum absolute atomic E-state index is 13.0. The van der Waals surface area contributed by atoms with E-state index in [1.54, 1.807) is 24.3 Å². The number of anilines is 1. The van der Waals surface area contributed by atoms with E-state index in [1.165, 1.54) is 13.8 Å². The second-order valence-electron chi connectivity index (χ2n) is 7.19. The molecule has 1 aromatic carbocycles. The van der Waals surface area contributed by atoms with Gasteiger partial charge in [-0.1, -0.05) is 0 Å². The molecular weight excluding hydrogens is 412 g/mol. The summed E-state index contributed by atoms with van der Waals surface area (Å²) < 4.78 is 27.1. The number of benzene rings is 1. The number of hydrogen-bond donors (Lipinski definition) is 3. The maximum Gasteiger partial charge on any atom is 0.325 e. The fourth-order valence-electron chi connectivity index (χ4n) is 3.44. The molecule has 0 aliphatic carbocycles. The zero-order chi connectivity index (χ0) is 22.1. The number of aryl methyl sites for hydroxylation is 1. The molecule has 1 fully saturated rings. The Kier molecular flexibility index (Phi) is 6.04. The van der Waals surface area contributed by atoms with E-state index in [-0.39, 0.29) is 30.5 Å². The van der Waals surface area contributed by atoms with Crippen molar-refractivity contribution >= 4 is 27.4 Å². The lowest BCUT2D eigenvalue weighted by atomic mass is 9.98. The van der Waals surface area contributed by atoms with Gasteiger partial charge in [-0.05, 0) is 51.0 Å². The number of rotatable bonds is 5. The predicted molar refractivity (Wildman–Crippen MR) is 109 cm³/mol. The molecule has 160 valence electrons. The summed E-state index contributed by atoms with van der Waals surface area (Å²) in [5.41, 5.74) is -0.820. The molecule has 0 unspecified atom stereocenters. The Hall–Kier alpha value is -3.05. The summed E-state index contributed by atoms with van der Waals surface area (Å²) in [7, 11) is -4.19. The predicted octanol–water partition coefficient (Wildman–Crippen LogP) is 0.614.